The summed E-state index contributed by atoms with van der Waals surface area (Å²) >= 11 is 0. The summed E-state index contributed by atoms with van der Waals surface area (Å²) in [6.07, 6.45) is 5.25. The van der Waals surface area contributed by atoms with Gasteiger partial charge in [-0.1, -0.05) is 40.0 Å². The van der Waals surface area contributed by atoms with E-state index in [4.69, 9.17) is 0 Å². The molecule has 0 radical (unpaired) electrons. The molecule has 1 spiro atoms. The lowest BCUT2D eigenvalue weighted by Gasteiger charge is -2.43. The van der Waals surface area contributed by atoms with Crippen LogP contribution < -0.4 is 5.32 Å². The van der Waals surface area contributed by atoms with Crippen LogP contribution in [0.25, 0.3) is 0 Å². The van der Waals surface area contributed by atoms with Gasteiger partial charge in [-0.3, -0.25) is 9.59 Å². The van der Waals surface area contributed by atoms with E-state index in [1.54, 1.807) is 0 Å². The van der Waals surface area contributed by atoms with Crippen molar-refractivity contribution in [2.24, 2.45) is 5.41 Å². The van der Waals surface area contributed by atoms with Crippen LogP contribution >= 0.6 is 0 Å². The van der Waals surface area contributed by atoms with Gasteiger partial charge in [0.2, 0.25) is 11.8 Å². The molecular weight excluding hydrogens is 252 g/mol. The molecule has 0 aromatic rings. The molecule has 0 bridgehead atoms. The number of nitrogens with zero attached hydrogens (tertiary/aromatic N) is 1. The molecule has 4 nitrogen and oxygen atoms in total. The number of nitrogens with one attached hydrogen (secondary N) is 1. The average Bonchev–Trinajstić information content (AvgIpc) is 2.48. The van der Waals surface area contributed by atoms with Gasteiger partial charge in [0, 0.05) is 19.0 Å². The molecule has 2 rings (SSSR count). The summed E-state index contributed by atoms with van der Waals surface area (Å²) in [6, 6.07) is 0.140. The van der Waals surface area contributed by atoms with Crippen LogP contribution in [0, 0.1) is 5.41 Å². The predicted molar refractivity (Wildman–Crippen MR) is 79.2 cm³/mol. The SMILES string of the molecule is CC(N1CCC(=O)NC2(CCCCC2)C1=O)C(C)(C)C. The summed E-state index contributed by atoms with van der Waals surface area (Å²) in [4.78, 5) is 27.0. The summed E-state index contributed by atoms with van der Waals surface area (Å²) in [5, 5.41) is 3.05. The second-order valence-corrected chi connectivity index (χ2v) is 7.48. The topological polar surface area (TPSA) is 49.4 Å². The quantitative estimate of drug-likeness (QED) is 0.802. The molecule has 2 amide bonds. The molecule has 1 aliphatic heterocycles. The Morgan fingerprint density at radius 2 is 1.75 bits per heavy atom. The zero-order valence-corrected chi connectivity index (χ0v) is 13.3. The first-order valence-electron chi connectivity index (χ1n) is 7.88. The molecule has 1 saturated heterocycles. The van der Waals surface area contributed by atoms with Crippen LogP contribution in [0.3, 0.4) is 0 Å². The number of amides is 2. The summed E-state index contributed by atoms with van der Waals surface area (Å²) < 4.78 is 0. The molecule has 2 aliphatic rings. The van der Waals surface area contributed by atoms with Crippen LogP contribution in [0.15, 0.2) is 0 Å². The van der Waals surface area contributed by atoms with E-state index in [-0.39, 0.29) is 23.3 Å². The van der Waals surface area contributed by atoms with Gasteiger partial charge in [-0.15, -0.1) is 0 Å². The molecule has 2 fully saturated rings. The average molecular weight is 280 g/mol. The smallest absolute Gasteiger partial charge is 0.248 e. The maximum Gasteiger partial charge on any atom is 0.248 e. The number of rotatable bonds is 1. The van der Waals surface area contributed by atoms with Crippen LogP contribution in [-0.4, -0.2) is 34.8 Å². The molecule has 1 saturated carbocycles. The zero-order valence-electron chi connectivity index (χ0n) is 13.3. The Kier molecular flexibility index (Phi) is 4.12. The summed E-state index contributed by atoms with van der Waals surface area (Å²) in [6.45, 7) is 9.10. The van der Waals surface area contributed by atoms with E-state index in [2.05, 4.69) is 33.0 Å². The molecule has 114 valence electrons. The van der Waals surface area contributed by atoms with E-state index in [0.29, 0.717) is 13.0 Å². The van der Waals surface area contributed by atoms with E-state index in [1.165, 1.54) is 6.42 Å². The Labute approximate surface area is 122 Å². The third kappa shape index (κ3) is 2.84. The maximum atomic E-state index is 13.1. The minimum absolute atomic E-state index is 0.0267. The molecular formula is C16H28N2O2. The molecule has 0 aromatic carbocycles. The maximum absolute atomic E-state index is 13.1. The highest BCUT2D eigenvalue weighted by Crippen LogP contribution is 2.34. The van der Waals surface area contributed by atoms with Crippen LogP contribution in [0.1, 0.15) is 66.2 Å². The normalized spacial score (nSPS) is 25.3. The monoisotopic (exact) mass is 280 g/mol. The summed E-state index contributed by atoms with van der Waals surface area (Å²) in [5.74, 6) is 0.175. The van der Waals surface area contributed by atoms with Crippen molar-refractivity contribution in [1.29, 1.82) is 0 Å². The predicted octanol–water partition coefficient (Wildman–Crippen LogP) is 2.47. The molecule has 1 atom stereocenters. The molecule has 1 aliphatic carbocycles. The van der Waals surface area contributed by atoms with Gasteiger partial charge in [-0.25, -0.2) is 0 Å². The molecule has 20 heavy (non-hydrogen) atoms. The zero-order chi connectivity index (χ0) is 15.0. The number of hydrogen-bond acceptors (Lipinski definition) is 2. The van der Waals surface area contributed by atoms with Crippen molar-refractivity contribution in [3.05, 3.63) is 0 Å². The standard InChI is InChI=1S/C16H28N2O2/c1-12(15(2,3)4)18-11-8-13(19)17-16(14(18)20)9-6-5-7-10-16/h12H,5-11H2,1-4H3,(H,17,19). The summed E-state index contributed by atoms with van der Waals surface area (Å²) in [7, 11) is 0. The first-order chi connectivity index (χ1) is 9.26. The van der Waals surface area contributed by atoms with E-state index >= 15 is 0 Å². The highest BCUT2D eigenvalue weighted by atomic mass is 16.2. The minimum atomic E-state index is -0.620. The van der Waals surface area contributed by atoms with E-state index in [1.807, 2.05) is 4.90 Å². The second kappa shape index (κ2) is 5.38. The number of hydrogen-bond donors (Lipinski definition) is 1. The summed E-state index contributed by atoms with van der Waals surface area (Å²) in [5.41, 5.74) is -0.593. The Morgan fingerprint density at radius 1 is 1.15 bits per heavy atom. The lowest BCUT2D eigenvalue weighted by Crippen LogP contribution is -2.60. The van der Waals surface area contributed by atoms with E-state index < -0.39 is 5.54 Å². The third-order valence-electron chi connectivity index (χ3n) is 5.06. The Morgan fingerprint density at radius 3 is 2.30 bits per heavy atom. The highest BCUT2D eigenvalue weighted by molar-refractivity contribution is 5.93. The fourth-order valence-corrected chi connectivity index (χ4v) is 3.31. The van der Waals surface area contributed by atoms with Gasteiger partial charge in [-0.2, -0.15) is 0 Å². The van der Waals surface area contributed by atoms with Gasteiger partial charge in [-0.05, 0) is 25.2 Å². The van der Waals surface area contributed by atoms with Gasteiger partial charge >= 0.3 is 0 Å². The molecule has 0 aromatic heterocycles. The van der Waals surface area contributed by atoms with Crippen LogP contribution in [0.5, 0.6) is 0 Å². The molecule has 1 heterocycles. The first kappa shape index (κ1) is 15.3. The largest absolute Gasteiger partial charge is 0.342 e. The van der Waals surface area contributed by atoms with Crippen LogP contribution in [0.2, 0.25) is 0 Å². The molecule has 4 heteroatoms. The van der Waals surface area contributed by atoms with Gasteiger partial charge in [0.25, 0.3) is 0 Å². The fourth-order valence-electron chi connectivity index (χ4n) is 3.31. The van der Waals surface area contributed by atoms with E-state index in [9.17, 15) is 9.59 Å². The lowest BCUT2D eigenvalue weighted by molar-refractivity contribution is -0.144. The van der Waals surface area contributed by atoms with Gasteiger partial charge in [0.1, 0.15) is 5.54 Å². The van der Waals surface area contributed by atoms with Crippen molar-refractivity contribution in [2.45, 2.75) is 77.8 Å². The third-order valence-corrected chi connectivity index (χ3v) is 5.06. The highest BCUT2D eigenvalue weighted by Gasteiger charge is 2.47. The molecule has 1 N–H and O–H groups in total. The Hall–Kier alpha value is -1.06. The second-order valence-electron chi connectivity index (χ2n) is 7.48. The van der Waals surface area contributed by atoms with Gasteiger partial charge in [0.05, 0.1) is 0 Å². The van der Waals surface area contributed by atoms with Gasteiger partial charge < -0.3 is 10.2 Å². The van der Waals surface area contributed by atoms with Crippen LogP contribution in [0.4, 0.5) is 0 Å². The lowest BCUT2D eigenvalue weighted by atomic mass is 9.79. The minimum Gasteiger partial charge on any atom is -0.342 e. The molecule has 1 unspecified atom stereocenters. The van der Waals surface area contributed by atoms with Crippen molar-refractivity contribution < 1.29 is 9.59 Å². The first-order valence-corrected chi connectivity index (χ1v) is 7.88. The fraction of sp³-hybridized carbons (Fsp3) is 0.875. The van der Waals surface area contributed by atoms with E-state index in [0.717, 1.165) is 25.7 Å². The number of carbonyl (C=O) groups excluding carboxylic acids is 2. The Bertz CT molecular complexity index is 392. The van der Waals surface area contributed by atoms with Crippen molar-refractivity contribution in [3.63, 3.8) is 0 Å². The number of carbonyl (C=O) groups is 2. The van der Waals surface area contributed by atoms with Gasteiger partial charge in [0.15, 0.2) is 0 Å². The Balaban J connectivity index is 2.29. The van der Waals surface area contributed by atoms with Crippen molar-refractivity contribution in [1.82, 2.24) is 10.2 Å². The van der Waals surface area contributed by atoms with Crippen molar-refractivity contribution in [3.8, 4) is 0 Å². The van der Waals surface area contributed by atoms with Crippen LogP contribution in [-0.2, 0) is 9.59 Å². The van der Waals surface area contributed by atoms with Crippen molar-refractivity contribution in [2.75, 3.05) is 6.54 Å². The van der Waals surface area contributed by atoms with Crippen molar-refractivity contribution >= 4 is 11.8 Å².